The molecule has 0 radical (unpaired) electrons. The van der Waals surface area contributed by atoms with Crippen LogP contribution in [0, 0.1) is 5.92 Å². The molecular weight excluding hydrogens is 138 g/mol. The first-order chi connectivity index (χ1) is 5.13. The van der Waals surface area contributed by atoms with E-state index in [1.165, 1.54) is 0 Å². The Bertz CT molecular complexity index is 109. The molecule has 0 aromatic carbocycles. The maximum atomic E-state index is 3.40. The van der Waals surface area contributed by atoms with Gasteiger partial charge in [-0.2, -0.15) is 0 Å². The largest absolute Gasteiger partial charge is 0.287 e. The van der Waals surface area contributed by atoms with Crippen LogP contribution in [-0.2, 0) is 0 Å². The van der Waals surface area contributed by atoms with Gasteiger partial charge in [0, 0.05) is 6.04 Å². The molecular formula is C8H19N3. The quantitative estimate of drug-likeness (QED) is 0.619. The standard InChI is InChI=1S/C8H19N3/c1-6(2)8-9-5-10-11(8)7(3)4/h6-10H,5H2,1-4H3. The lowest BCUT2D eigenvalue weighted by Gasteiger charge is -2.29. The van der Waals surface area contributed by atoms with E-state index in [1.54, 1.807) is 0 Å². The summed E-state index contributed by atoms with van der Waals surface area (Å²) in [6.45, 7) is 9.78. The molecule has 0 spiro atoms. The summed E-state index contributed by atoms with van der Waals surface area (Å²) in [5, 5.41) is 5.68. The summed E-state index contributed by atoms with van der Waals surface area (Å²) in [6.07, 6.45) is 0.495. The highest BCUT2D eigenvalue weighted by molar-refractivity contribution is 4.76. The van der Waals surface area contributed by atoms with Crippen LogP contribution < -0.4 is 10.7 Å². The fourth-order valence-electron chi connectivity index (χ4n) is 1.50. The van der Waals surface area contributed by atoms with Crippen molar-refractivity contribution in [3.63, 3.8) is 0 Å². The van der Waals surface area contributed by atoms with E-state index in [9.17, 15) is 0 Å². The number of rotatable bonds is 2. The second-order valence-corrected chi connectivity index (χ2v) is 3.73. The summed E-state index contributed by atoms with van der Waals surface area (Å²) in [5.74, 6) is 0.660. The number of nitrogens with zero attached hydrogens (tertiary/aromatic N) is 1. The average molecular weight is 157 g/mol. The topological polar surface area (TPSA) is 27.3 Å². The van der Waals surface area contributed by atoms with Crippen molar-refractivity contribution in [2.75, 3.05) is 6.67 Å². The lowest BCUT2D eigenvalue weighted by molar-refractivity contribution is 0.105. The minimum atomic E-state index is 0.495. The van der Waals surface area contributed by atoms with Crippen molar-refractivity contribution < 1.29 is 0 Å². The molecule has 2 N–H and O–H groups in total. The van der Waals surface area contributed by atoms with Crippen molar-refractivity contribution in [1.29, 1.82) is 0 Å². The van der Waals surface area contributed by atoms with Gasteiger partial charge in [-0.1, -0.05) is 13.8 Å². The zero-order valence-corrected chi connectivity index (χ0v) is 7.89. The van der Waals surface area contributed by atoms with E-state index in [2.05, 4.69) is 43.4 Å². The number of hydrogen-bond acceptors (Lipinski definition) is 3. The van der Waals surface area contributed by atoms with Gasteiger partial charge in [-0.25, -0.2) is 10.4 Å². The molecule has 0 amide bonds. The van der Waals surface area contributed by atoms with Crippen LogP contribution in [0.1, 0.15) is 27.7 Å². The van der Waals surface area contributed by atoms with Crippen LogP contribution >= 0.6 is 0 Å². The first kappa shape index (κ1) is 8.97. The van der Waals surface area contributed by atoms with Crippen LogP contribution in [0.15, 0.2) is 0 Å². The van der Waals surface area contributed by atoms with Gasteiger partial charge in [0.05, 0.1) is 12.8 Å². The van der Waals surface area contributed by atoms with Crippen LogP contribution in [0.5, 0.6) is 0 Å². The van der Waals surface area contributed by atoms with Crippen molar-refractivity contribution in [2.24, 2.45) is 5.92 Å². The minimum Gasteiger partial charge on any atom is -0.287 e. The van der Waals surface area contributed by atoms with Gasteiger partial charge in [0.2, 0.25) is 0 Å². The van der Waals surface area contributed by atoms with E-state index in [1.807, 2.05) is 0 Å². The Morgan fingerprint density at radius 3 is 2.27 bits per heavy atom. The third kappa shape index (κ3) is 1.92. The molecule has 1 heterocycles. The van der Waals surface area contributed by atoms with Gasteiger partial charge in [-0.15, -0.1) is 0 Å². The summed E-state index contributed by atoms with van der Waals surface area (Å²) in [4.78, 5) is 0. The van der Waals surface area contributed by atoms with Crippen molar-refractivity contribution in [2.45, 2.75) is 39.9 Å². The predicted octanol–water partition coefficient (Wildman–Crippen LogP) is 0.744. The molecule has 11 heavy (non-hydrogen) atoms. The predicted molar refractivity (Wildman–Crippen MR) is 46.7 cm³/mol. The summed E-state index contributed by atoms with van der Waals surface area (Å²) < 4.78 is 0. The normalized spacial score (nSPS) is 27.3. The SMILES string of the molecule is CC(C)C1NCNN1C(C)C. The third-order valence-corrected chi connectivity index (χ3v) is 2.06. The molecule has 0 aliphatic carbocycles. The molecule has 0 aromatic heterocycles. The van der Waals surface area contributed by atoms with Crippen molar-refractivity contribution in [1.82, 2.24) is 15.8 Å². The van der Waals surface area contributed by atoms with Gasteiger partial charge in [-0.3, -0.25) is 5.32 Å². The van der Waals surface area contributed by atoms with E-state index in [-0.39, 0.29) is 0 Å². The molecule has 1 aliphatic heterocycles. The van der Waals surface area contributed by atoms with Gasteiger partial charge >= 0.3 is 0 Å². The van der Waals surface area contributed by atoms with E-state index in [4.69, 9.17) is 0 Å². The molecule has 1 aliphatic rings. The lowest BCUT2D eigenvalue weighted by Crippen LogP contribution is -2.47. The Morgan fingerprint density at radius 2 is 1.91 bits per heavy atom. The highest BCUT2D eigenvalue weighted by Gasteiger charge is 2.27. The minimum absolute atomic E-state index is 0.495. The van der Waals surface area contributed by atoms with Crippen LogP contribution in [0.2, 0.25) is 0 Å². The van der Waals surface area contributed by atoms with Crippen LogP contribution in [0.25, 0.3) is 0 Å². The Labute approximate surface area is 69.1 Å². The molecule has 66 valence electrons. The Balaban J connectivity index is 2.51. The lowest BCUT2D eigenvalue weighted by atomic mass is 10.1. The monoisotopic (exact) mass is 157 g/mol. The molecule has 3 nitrogen and oxygen atoms in total. The average Bonchev–Trinajstić information content (AvgIpc) is 2.32. The highest BCUT2D eigenvalue weighted by Crippen LogP contribution is 2.11. The van der Waals surface area contributed by atoms with Gasteiger partial charge in [0.25, 0.3) is 0 Å². The van der Waals surface area contributed by atoms with Gasteiger partial charge in [0.15, 0.2) is 0 Å². The molecule has 1 fully saturated rings. The smallest absolute Gasteiger partial charge is 0.0769 e. The van der Waals surface area contributed by atoms with Crippen molar-refractivity contribution >= 4 is 0 Å². The number of hydrogen-bond donors (Lipinski definition) is 2. The zero-order chi connectivity index (χ0) is 8.43. The van der Waals surface area contributed by atoms with Crippen LogP contribution in [0.3, 0.4) is 0 Å². The summed E-state index contributed by atoms with van der Waals surface area (Å²) >= 11 is 0. The molecule has 1 rings (SSSR count). The molecule has 0 aromatic rings. The zero-order valence-electron chi connectivity index (χ0n) is 7.89. The first-order valence-electron chi connectivity index (χ1n) is 4.38. The number of hydrazine groups is 1. The van der Waals surface area contributed by atoms with Crippen molar-refractivity contribution in [3.8, 4) is 0 Å². The maximum absolute atomic E-state index is 3.40. The van der Waals surface area contributed by atoms with Crippen LogP contribution in [-0.4, -0.2) is 23.9 Å². The van der Waals surface area contributed by atoms with E-state index < -0.39 is 0 Å². The fourth-order valence-corrected chi connectivity index (χ4v) is 1.50. The second-order valence-electron chi connectivity index (χ2n) is 3.73. The highest BCUT2D eigenvalue weighted by atomic mass is 15.6. The Kier molecular flexibility index (Phi) is 2.87. The maximum Gasteiger partial charge on any atom is 0.0769 e. The van der Waals surface area contributed by atoms with E-state index >= 15 is 0 Å². The molecule has 1 atom stereocenters. The summed E-state index contributed by atoms with van der Waals surface area (Å²) in [6, 6.07) is 0.567. The second kappa shape index (κ2) is 3.52. The van der Waals surface area contributed by atoms with Crippen LogP contribution in [0.4, 0.5) is 0 Å². The van der Waals surface area contributed by atoms with Crippen molar-refractivity contribution in [3.05, 3.63) is 0 Å². The molecule has 0 saturated carbocycles. The molecule has 0 bridgehead atoms. The third-order valence-electron chi connectivity index (χ3n) is 2.06. The number of nitrogens with one attached hydrogen (secondary N) is 2. The van der Waals surface area contributed by atoms with Gasteiger partial charge in [-0.05, 0) is 19.8 Å². The first-order valence-corrected chi connectivity index (χ1v) is 4.38. The molecule has 3 heteroatoms. The van der Waals surface area contributed by atoms with E-state index in [0.717, 1.165) is 6.67 Å². The van der Waals surface area contributed by atoms with E-state index in [0.29, 0.717) is 18.1 Å². The summed E-state index contributed by atoms with van der Waals surface area (Å²) in [5.41, 5.74) is 3.31. The molecule has 1 saturated heterocycles. The van der Waals surface area contributed by atoms with Gasteiger partial charge < -0.3 is 0 Å². The Hall–Kier alpha value is -0.120. The molecule has 1 unspecified atom stereocenters. The summed E-state index contributed by atoms with van der Waals surface area (Å²) in [7, 11) is 0. The van der Waals surface area contributed by atoms with Gasteiger partial charge in [0.1, 0.15) is 0 Å². The fraction of sp³-hybridized carbons (Fsp3) is 1.00. The Morgan fingerprint density at radius 1 is 1.27 bits per heavy atom.